The molecule has 4 heteroatoms. The Balaban J connectivity index is 2.42. The van der Waals surface area contributed by atoms with E-state index >= 15 is 0 Å². The largest absolute Gasteiger partial charge is 0.306 e. The molecule has 0 spiro atoms. The fourth-order valence-electron chi connectivity index (χ4n) is 1.49. The Labute approximate surface area is 101 Å². The second kappa shape index (κ2) is 6.86. The summed E-state index contributed by atoms with van der Waals surface area (Å²) in [5, 5.41) is 0. The van der Waals surface area contributed by atoms with Gasteiger partial charge in [0.25, 0.3) is 0 Å². The molecule has 0 bridgehead atoms. The average molecular weight is 245 g/mol. The van der Waals surface area contributed by atoms with Crippen molar-refractivity contribution < 1.29 is 8.78 Å². The highest BCUT2D eigenvalue weighted by Gasteiger charge is 2.05. The molecule has 0 atom stereocenters. The molecule has 0 aliphatic rings. The first-order valence-electron chi connectivity index (χ1n) is 5.37. The van der Waals surface area contributed by atoms with Gasteiger partial charge < -0.3 is 4.90 Å². The molecule has 1 aromatic rings. The van der Waals surface area contributed by atoms with E-state index in [1.165, 1.54) is 12.1 Å². The van der Waals surface area contributed by atoms with Gasteiger partial charge in [-0.2, -0.15) is 12.6 Å². The van der Waals surface area contributed by atoms with Crippen LogP contribution in [0.15, 0.2) is 18.2 Å². The molecule has 0 aliphatic heterocycles. The maximum atomic E-state index is 13.3. The lowest BCUT2D eigenvalue weighted by molar-refractivity contribution is 0.338. The van der Waals surface area contributed by atoms with Crippen LogP contribution in [-0.2, 0) is 6.42 Å². The second-order valence-corrected chi connectivity index (χ2v) is 4.31. The molecule has 0 aromatic heterocycles. The molecule has 0 amide bonds. The average Bonchev–Trinajstić information content (AvgIpc) is 2.25. The van der Waals surface area contributed by atoms with Gasteiger partial charge in [0.2, 0.25) is 0 Å². The van der Waals surface area contributed by atoms with Crippen molar-refractivity contribution in [1.82, 2.24) is 4.90 Å². The van der Waals surface area contributed by atoms with Gasteiger partial charge in [-0.1, -0.05) is 6.07 Å². The number of likely N-dealkylation sites (N-methyl/N-ethyl adjacent to an activating group) is 1. The van der Waals surface area contributed by atoms with Crippen molar-refractivity contribution in [1.29, 1.82) is 0 Å². The number of hydrogen-bond donors (Lipinski definition) is 1. The van der Waals surface area contributed by atoms with E-state index < -0.39 is 11.6 Å². The van der Waals surface area contributed by atoms with Gasteiger partial charge in [-0.05, 0) is 43.8 Å². The number of thiol groups is 1. The summed E-state index contributed by atoms with van der Waals surface area (Å²) in [6.07, 6.45) is 1.63. The zero-order valence-electron chi connectivity index (χ0n) is 9.42. The molecule has 0 radical (unpaired) electrons. The Bertz CT molecular complexity index is 331. The molecule has 0 saturated carbocycles. The standard InChI is InChI=1S/C12H17F2NS/c1-15(6-2-8-16)7-5-10-3-4-11(13)9-12(10)14/h3-4,9,16H,2,5-8H2,1H3. The third kappa shape index (κ3) is 4.49. The Morgan fingerprint density at radius 2 is 2.00 bits per heavy atom. The molecule has 0 N–H and O–H groups in total. The molecule has 16 heavy (non-hydrogen) atoms. The van der Waals surface area contributed by atoms with Gasteiger partial charge in [-0.15, -0.1) is 0 Å². The molecule has 0 fully saturated rings. The summed E-state index contributed by atoms with van der Waals surface area (Å²) in [4.78, 5) is 2.12. The first-order valence-corrected chi connectivity index (χ1v) is 6.00. The molecule has 0 heterocycles. The monoisotopic (exact) mass is 245 g/mol. The first-order chi connectivity index (χ1) is 7.63. The molecular formula is C12H17F2NS. The minimum Gasteiger partial charge on any atom is -0.306 e. The van der Waals surface area contributed by atoms with Gasteiger partial charge in [-0.25, -0.2) is 8.78 Å². The minimum absolute atomic E-state index is 0.456. The van der Waals surface area contributed by atoms with Crippen molar-refractivity contribution in [3.8, 4) is 0 Å². The molecule has 1 rings (SSSR count). The highest BCUT2D eigenvalue weighted by atomic mass is 32.1. The van der Waals surface area contributed by atoms with Crippen LogP contribution in [0.1, 0.15) is 12.0 Å². The van der Waals surface area contributed by atoms with Gasteiger partial charge in [0.05, 0.1) is 0 Å². The molecular weight excluding hydrogens is 228 g/mol. The van der Waals surface area contributed by atoms with Crippen LogP contribution in [0, 0.1) is 11.6 Å². The van der Waals surface area contributed by atoms with Crippen molar-refractivity contribution >= 4 is 12.6 Å². The summed E-state index contributed by atoms with van der Waals surface area (Å²) in [6.45, 7) is 1.72. The van der Waals surface area contributed by atoms with Crippen LogP contribution in [0.25, 0.3) is 0 Å². The fraction of sp³-hybridized carbons (Fsp3) is 0.500. The fourth-order valence-corrected chi connectivity index (χ4v) is 1.63. The van der Waals surface area contributed by atoms with Crippen LogP contribution in [0.4, 0.5) is 8.78 Å². The number of rotatable bonds is 6. The predicted molar refractivity (Wildman–Crippen MR) is 66.0 cm³/mol. The highest BCUT2D eigenvalue weighted by Crippen LogP contribution is 2.10. The highest BCUT2D eigenvalue weighted by molar-refractivity contribution is 7.80. The van der Waals surface area contributed by atoms with Crippen LogP contribution in [0.3, 0.4) is 0 Å². The van der Waals surface area contributed by atoms with E-state index in [-0.39, 0.29) is 0 Å². The number of nitrogens with zero attached hydrogens (tertiary/aromatic N) is 1. The molecule has 90 valence electrons. The molecule has 1 nitrogen and oxygen atoms in total. The lowest BCUT2D eigenvalue weighted by Gasteiger charge is -2.15. The first kappa shape index (κ1) is 13.5. The van der Waals surface area contributed by atoms with Gasteiger partial charge >= 0.3 is 0 Å². The third-order valence-corrected chi connectivity index (χ3v) is 2.79. The summed E-state index contributed by atoms with van der Waals surface area (Å²) < 4.78 is 25.9. The smallest absolute Gasteiger partial charge is 0.129 e. The number of benzene rings is 1. The molecule has 0 saturated heterocycles. The van der Waals surface area contributed by atoms with Crippen molar-refractivity contribution in [3.63, 3.8) is 0 Å². The predicted octanol–water partition coefficient (Wildman–Crippen LogP) is 2.76. The maximum absolute atomic E-state index is 13.3. The summed E-state index contributed by atoms with van der Waals surface area (Å²) in [6, 6.07) is 3.74. The summed E-state index contributed by atoms with van der Waals surface area (Å²) in [5.74, 6) is -0.123. The Morgan fingerprint density at radius 3 is 2.62 bits per heavy atom. The van der Waals surface area contributed by atoms with Gasteiger partial charge in [-0.3, -0.25) is 0 Å². The Morgan fingerprint density at radius 1 is 1.25 bits per heavy atom. The molecule has 1 aromatic carbocycles. The quantitative estimate of drug-likeness (QED) is 0.754. The number of halogens is 2. The summed E-state index contributed by atoms with van der Waals surface area (Å²) >= 11 is 4.13. The van der Waals surface area contributed by atoms with E-state index in [2.05, 4.69) is 17.5 Å². The van der Waals surface area contributed by atoms with Crippen molar-refractivity contribution in [2.45, 2.75) is 12.8 Å². The lowest BCUT2D eigenvalue weighted by atomic mass is 10.1. The van der Waals surface area contributed by atoms with E-state index in [0.717, 1.165) is 31.3 Å². The van der Waals surface area contributed by atoms with Crippen LogP contribution >= 0.6 is 12.6 Å². The topological polar surface area (TPSA) is 3.24 Å². The number of hydrogen-bond acceptors (Lipinski definition) is 2. The van der Waals surface area contributed by atoms with Gasteiger partial charge in [0, 0.05) is 12.6 Å². The normalized spacial score (nSPS) is 11.1. The minimum atomic E-state index is -0.523. The third-order valence-electron chi connectivity index (χ3n) is 2.48. The SMILES string of the molecule is CN(CCCS)CCc1ccc(F)cc1F. The Hall–Kier alpha value is -0.610. The van der Waals surface area contributed by atoms with Crippen LogP contribution in [0.5, 0.6) is 0 Å². The zero-order chi connectivity index (χ0) is 12.0. The zero-order valence-corrected chi connectivity index (χ0v) is 10.3. The summed E-state index contributed by atoms with van der Waals surface area (Å²) in [5.41, 5.74) is 0.569. The van der Waals surface area contributed by atoms with Crippen LogP contribution < -0.4 is 0 Å². The van der Waals surface area contributed by atoms with Crippen molar-refractivity contribution in [2.24, 2.45) is 0 Å². The van der Waals surface area contributed by atoms with E-state index in [1.54, 1.807) is 0 Å². The molecule has 0 unspecified atom stereocenters. The van der Waals surface area contributed by atoms with E-state index in [1.807, 2.05) is 7.05 Å². The van der Waals surface area contributed by atoms with Gasteiger partial charge in [0.15, 0.2) is 0 Å². The second-order valence-electron chi connectivity index (χ2n) is 3.87. The van der Waals surface area contributed by atoms with Crippen molar-refractivity contribution in [3.05, 3.63) is 35.4 Å². The van der Waals surface area contributed by atoms with E-state index in [4.69, 9.17) is 0 Å². The van der Waals surface area contributed by atoms with Crippen LogP contribution in [0.2, 0.25) is 0 Å². The lowest BCUT2D eigenvalue weighted by Crippen LogP contribution is -2.23. The summed E-state index contributed by atoms with van der Waals surface area (Å²) in [7, 11) is 1.99. The van der Waals surface area contributed by atoms with Crippen molar-refractivity contribution in [2.75, 3.05) is 25.9 Å². The van der Waals surface area contributed by atoms with E-state index in [9.17, 15) is 8.78 Å². The van der Waals surface area contributed by atoms with Gasteiger partial charge in [0.1, 0.15) is 11.6 Å². The Kier molecular flexibility index (Phi) is 5.77. The maximum Gasteiger partial charge on any atom is 0.129 e. The molecule has 0 aliphatic carbocycles. The van der Waals surface area contributed by atoms with Crippen LogP contribution in [-0.4, -0.2) is 30.8 Å². The van der Waals surface area contributed by atoms with E-state index in [0.29, 0.717) is 12.0 Å².